The largest absolute Gasteiger partial charge is 0.481 e. The number of hydrogen-bond acceptors (Lipinski definition) is 7. The number of likely N-dealkylation sites (tertiary alicyclic amines) is 1. The lowest BCUT2D eigenvalue weighted by Crippen LogP contribution is -2.38. The number of carbonyl (C=O) groups is 1. The van der Waals surface area contributed by atoms with Crippen molar-refractivity contribution in [2.24, 2.45) is 0 Å². The Balaban J connectivity index is 1.35. The van der Waals surface area contributed by atoms with Crippen molar-refractivity contribution in [2.75, 3.05) is 25.9 Å². The van der Waals surface area contributed by atoms with Gasteiger partial charge < -0.3 is 20.1 Å². The molecule has 31 heavy (non-hydrogen) atoms. The fourth-order valence-electron chi connectivity index (χ4n) is 3.81. The predicted octanol–water partition coefficient (Wildman–Crippen LogP) is 3.58. The summed E-state index contributed by atoms with van der Waals surface area (Å²) in [4.78, 5) is 18.9. The number of pyridine rings is 1. The molecule has 1 fully saturated rings. The quantitative estimate of drug-likeness (QED) is 0.674. The third-order valence-corrected chi connectivity index (χ3v) is 5.47. The number of nitrogen functional groups attached to an aromatic ring is 1. The topological polar surface area (TPSA) is 103 Å². The van der Waals surface area contributed by atoms with Crippen LogP contribution in [-0.2, 0) is 0 Å². The molecule has 0 radical (unpaired) electrons. The average Bonchev–Trinajstić information content (AvgIpc) is 2.80. The number of benzene rings is 1. The van der Waals surface area contributed by atoms with Gasteiger partial charge in [0, 0.05) is 30.6 Å². The van der Waals surface area contributed by atoms with Crippen LogP contribution in [0.2, 0.25) is 0 Å². The summed E-state index contributed by atoms with van der Waals surface area (Å²) in [5.74, 6) is 2.52. The summed E-state index contributed by atoms with van der Waals surface area (Å²) < 4.78 is 10.8. The third kappa shape index (κ3) is 4.74. The first-order valence-corrected chi connectivity index (χ1v) is 10.2. The molecular formula is C23H25N5O3. The monoisotopic (exact) mass is 419 g/mol. The van der Waals surface area contributed by atoms with E-state index in [0.717, 1.165) is 24.1 Å². The molecule has 1 aromatic carbocycles. The summed E-state index contributed by atoms with van der Waals surface area (Å²) in [5.41, 5.74) is 8.38. The number of ether oxygens (including phenoxy) is 2. The van der Waals surface area contributed by atoms with Crippen molar-refractivity contribution >= 4 is 11.7 Å². The van der Waals surface area contributed by atoms with E-state index in [1.807, 2.05) is 17.9 Å². The first-order valence-electron chi connectivity index (χ1n) is 10.2. The van der Waals surface area contributed by atoms with E-state index in [4.69, 9.17) is 15.2 Å². The number of amides is 1. The zero-order valence-electron chi connectivity index (χ0n) is 17.6. The molecule has 1 saturated heterocycles. The standard InChI is InChI=1S/C23H25N5O3/c1-15-13-20(24)26-27-22(15)16-9-11-28(12-10-16)23(29)17-3-5-18(6-4-17)31-19-7-8-21(30-2)25-14-19/h3-8,13-14,16H,9-12H2,1-2H3,(H2,24,26). The Kier molecular flexibility index (Phi) is 5.97. The number of rotatable bonds is 5. The van der Waals surface area contributed by atoms with E-state index in [-0.39, 0.29) is 5.91 Å². The lowest BCUT2D eigenvalue weighted by atomic mass is 9.91. The van der Waals surface area contributed by atoms with Gasteiger partial charge in [-0.05, 0) is 61.7 Å². The van der Waals surface area contributed by atoms with Gasteiger partial charge in [0.05, 0.1) is 19.0 Å². The van der Waals surface area contributed by atoms with E-state index in [9.17, 15) is 4.79 Å². The number of aromatic nitrogens is 3. The molecule has 1 aliphatic rings. The van der Waals surface area contributed by atoms with Crippen LogP contribution in [0.4, 0.5) is 5.82 Å². The summed E-state index contributed by atoms with van der Waals surface area (Å²) >= 11 is 0. The molecule has 160 valence electrons. The summed E-state index contributed by atoms with van der Waals surface area (Å²) in [5, 5.41) is 8.27. The maximum Gasteiger partial charge on any atom is 0.253 e. The van der Waals surface area contributed by atoms with Gasteiger partial charge in [-0.25, -0.2) is 4.98 Å². The molecule has 0 atom stereocenters. The van der Waals surface area contributed by atoms with E-state index in [1.54, 1.807) is 49.7 Å². The Morgan fingerprint density at radius 1 is 1.06 bits per heavy atom. The molecule has 0 unspecified atom stereocenters. The Labute approximate surface area is 181 Å². The van der Waals surface area contributed by atoms with Gasteiger partial charge in [-0.3, -0.25) is 4.79 Å². The smallest absolute Gasteiger partial charge is 0.253 e. The zero-order chi connectivity index (χ0) is 21.8. The maximum atomic E-state index is 12.9. The average molecular weight is 419 g/mol. The second-order valence-electron chi connectivity index (χ2n) is 7.57. The minimum atomic E-state index is 0.0243. The Morgan fingerprint density at radius 2 is 1.77 bits per heavy atom. The van der Waals surface area contributed by atoms with Crippen LogP contribution in [0.15, 0.2) is 48.7 Å². The highest BCUT2D eigenvalue weighted by Gasteiger charge is 2.26. The molecule has 1 amide bonds. The molecule has 3 heterocycles. The van der Waals surface area contributed by atoms with Gasteiger partial charge in [0.2, 0.25) is 5.88 Å². The van der Waals surface area contributed by atoms with Crippen LogP contribution >= 0.6 is 0 Å². The Morgan fingerprint density at radius 3 is 2.39 bits per heavy atom. The van der Waals surface area contributed by atoms with Crippen LogP contribution < -0.4 is 15.2 Å². The van der Waals surface area contributed by atoms with Gasteiger partial charge in [0.1, 0.15) is 17.3 Å². The molecule has 3 aromatic rings. The number of piperidine rings is 1. The van der Waals surface area contributed by atoms with Gasteiger partial charge in [0.25, 0.3) is 5.91 Å². The van der Waals surface area contributed by atoms with Crippen molar-refractivity contribution < 1.29 is 14.3 Å². The number of nitrogens with two attached hydrogens (primary N) is 1. The van der Waals surface area contributed by atoms with Crippen LogP contribution in [0.1, 0.15) is 40.4 Å². The van der Waals surface area contributed by atoms with Crippen LogP contribution in [0.3, 0.4) is 0 Å². The normalized spacial score (nSPS) is 14.3. The maximum absolute atomic E-state index is 12.9. The summed E-state index contributed by atoms with van der Waals surface area (Å²) in [6, 6.07) is 12.5. The molecule has 0 spiro atoms. The minimum absolute atomic E-state index is 0.0243. The van der Waals surface area contributed by atoms with E-state index in [0.29, 0.717) is 47.8 Å². The van der Waals surface area contributed by atoms with Crippen molar-refractivity contribution in [3.05, 3.63) is 65.5 Å². The van der Waals surface area contributed by atoms with Crippen molar-refractivity contribution in [1.29, 1.82) is 0 Å². The van der Waals surface area contributed by atoms with Crippen LogP contribution in [-0.4, -0.2) is 46.2 Å². The van der Waals surface area contributed by atoms with Gasteiger partial charge in [0.15, 0.2) is 0 Å². The first kappa shape index (κ1) is 20.6. The van der Waals surface area contributed by atoms with Gasteiger partial charge >= 0.3 is 0 Å². The lowest BCUT2D eigenvalue weighted by Gasteiger charge is -2.32. The number of aryl methyl sites for hydroxylation is 1. The first-order chi connectivity index (χ1) is 15.0. The number of anilines is 1. The number of nitrogens with zero attached hydrogens (tertiary/aromatic N) is 4. The molecule has 1 aliphatic heterocycles. The highest BCUT2D eigenvalue weighted by molar-refractivity contribution is 5.94. The highest BCUT2D eigenvalue weighted by Crippen LogP contribution is 2.30. The highest BCUT2D eigenvalue weighted by atomic mass is 16.5. The molecule has 8 heteroatoms. The fourth-order valence-corrected chi connectivity index (χ4v) is 3.81. The number of carbonyl (C=O) groups excluding carboxylic acids is 1. The summed E-state index contributed by atoms with van der Waals surface area (Å²) in [7, 11) is 1.56. The molecule has 4 rings (SSSR count). The fraction of sp³-hybridized carbons (Fsp3) is 0.304. The van der Waals surface area contributed by atoms with Crippen molar-refractivity contribution in [1.82, 2.24) is 20.1 Å². The third-order valence-electron chi connectivity index (χ3n) is 5.47. The molecule has 0 bridgehead atoms. The van der Waals surface area contributed by atoms with Crippen molar-refractivity contribution in [3.63, 3.8) is 0 Å². The van der Waals surface area contributed by atoms with Crippen LogP contribution in [0, 0.1) is 6.92 Å². The Bertz CT molecular complexity index is 1050. The van der Waals surface area contributed by atoms with E-state index < -0.39 is 0 Å². The van der Waals surface area contributed by atoms with E-state index in [2.05, 4.69) is 15.2 Å². The van der Waals surface area contributed by atoms with Crippen molar-refractivity contribution in [2.45, 2.75) is 25.7 Å². The number of methoxy groups -OCH3 is 1. The van der Waals surface area contributed by atoms with Gasteiger partial charge in [-0.2, -0.15) is 5.10 Å². The summed E-state index contributed by atoms with van der Waals surface area (Å²) in [6.45, 7) is 3.37. The van der Waals surface area contributed by atoms with Gasteiger partial charge in [-0.1, -0.05) is 0 Å². The lowest BCUT2D eigenvalue weighted by molar-refractivity contribution is 0.0712. The van der Waals surface area contributed by atoms with E-state index >= 15 is 0 Å². The molecule has 0 aliphatic carbocycles. The van der Waals surface area contributed by atoms with Gasteiger partial charge in [-0.15, -0.1) is 5.10 Å². The second kappa shape index (κ2) is 8.99. The molecular weight excluding hydrogens is 394 g/mol. The second-order valence-corrected chi connectivity index (χ2v) is 7.57. The molecule has 8 nitrogen and oxygen atoms in total. The van der Waals surface area contributed by atoms with Crippen molar-refractivity contribution in [3.8, 4) is 17.4 Å². The van der Waals surface area contributed by atoms with Crippen LogP contribution in [0.5, 0.6) is 17.4 Å². The Hall–Kier alpha value is -3.68. The molecule has 2 N–H and O–H groups in total. The minimum Gasteiger partial charge on any atom is -0.481 e. The van der Waals surface area contributed by atoms with Crippen LogP contribution in [0.25, 0.3) is 0 Å². The van der Waals surface area contributed by atoms with E-state index in [1.165, 1.54) is 0 Å². The molecule has 2 aromatic heterocycles. The summed E-state index contributed by atoms with van der Waals surface area (Å²) in [6.07, 6.45) is 3.31. The zero-order valence-corrected chi connectivity index (χ0v) is 17.6. The SMILES string of the molecule is COc1ccc(Oc2ccc(C(=O)N3CCC(c4nnc(N)cc4C)CC3)cc2)cn1. The number of hydrogen-bond donors (Lipinski definition) is 1. The molecule has 0 saturated carbocycles. The predicted molar refractivity (Wildman–Crippen MR) is 116 cm³/mol.